The molecule has 124 valence electrons. The first-order valence-corrected chi connectivity index (χ1v) is 8.00. The molecule has 1 fully saturated rings. The fourth-order valence-corrected chi connectivity index (χ4v) is 2.87. The van der Waals surface area contributed by atoms with Gasteiger partial charge in [0.2, 0.25) is 5.91 Å². The molecule has 1 N–H and O–H groups in total. The molecule has 25 heavy (non-hydrogen) atoms. The number of aromatic nitrogens is 2. The number of imidazole rings is 1. The summed E-state index contributed by atoms with van der Waals surface area (Å²) in [5, 5.41) is 11.8. The summed E-state index contributed by atoms with van der Waals surface area (Å²) in [6.07, 6.45) is 2.86. The van der Waals surface area contributed by atoms with Crippen molar-refractivity contribution in [1.82, 2.24) is 9.38 Å². The lowest BCUT2D eigenvalue weighted by Crippen LogP contribution is -2.15. The Morgan fingerprint density at radius 3 is 2.88 bits per heavy atom. The summed E-state index contributed by atoms with van der Waals surface area (Å²) in [7, 11) is 0. The number of pyridine rings is 1. The number of amides is 1. The molecular formula is C19H15FN4O. The smallest absolute Gasteiger partial charge is 0.231 e. The van der Waals surface area contributed by atoms with Crippen molar-refractivity contribution in [3.8, 4) is 17.2 Å². The predicted octanol–water partition coefficient (Wildman–Crippen LogP) is 3.48. The molecule has 5 nitrogen and oxygen atoms in total. The van der Waals surface area contributed by atoms with Crippen LogP contribution in [0.3, 0.4) is 0 Å². The molecule has 1 amide bonds. The first-order valence-electron chi connectivity index (χ1n) is 8.00. The van der Waals surface area contributed by atoms with Gasteiger partial charge in [0, 0.05) is 6.20 Å². The molecule has 4 rings (SSSR count). The Bertz CT molecular complexity index is 1030. The summed E-state index contributed by atoms with van der Waals surface area (Å²) in [5.41, 5.74) is 4.27. The zero-order chi connectivity index (χ0) is 17.6. The zero-order valence-corrected chi connectivity index (χ0v) is 13.5. The standard InChI is InChI=1S/C19H15FN4O/c1-11-2-3-12(8-21)6-14(11)13-4-5-18-22-17(10-24(18)9-13)23-19(25)15-7-16(15)20/h2-6,9-10,15-16H,7H2,1H3,(H,23,25)/t15-,16+/m1/s1. The Kier molecular flexibility index (Phi) is 3.50. The molecule has 2 aromatic heterocycles. The van der Waals surface area contributed by atoms with Crippen LogP contribution in [0.4, 0.5) is 10.2 Å². The average molecular weight is 334 g/mol. The van der Waals surface area contributed by atoms with E-state index in [1.54, 1.807) is 12.3 Å². The number of anilines is 1. The van der Waals surface area contributed by atoms with Gasteiger partial charge in [0.05, 0.1) is 23.7 Å². The number of alkyl halides is 1. The second-order valence-electron chi connectivity index (χ2n) is 6.30. The quantitative estimate of drug-likeness (QED) is 0.797. The van der Waals surface area contributed by atoms with Crippen LogP contribution in [-0.2, 0) is 4.79 Å². The number of rotatable bonds is 3. The third-order valence-corrected chi connectivity index (χ3v) is 4.43. The monoisotopic (exact) mass is 334 g/mol. The Morgan fingerprint density at radius 2 is 2.16 bits per heavy atom. The van der Waals surface area contributed by atoms with Crippen LogP contribution in [0.25, 0.3) is 16.8 Å². The SMILES string of the molecule is Cc1ccc(C#N)cc1-c1ccc2nc(NC(=O)[C@@H]3C[C@@H]3F)cn2c1. The molecule has 1 aliphatic rings. The lowest BCUT2D eigenvalue weighted by molar-refractivity contribution is -0.117. The van der Waals surface area contributed by atoms with Crippen LogP contribution in [0.2, 0.25) is 0 Å². The highest BCUT2D eigenvalue weighted by molar-refractivity contribution is 5.94. The van der Waals surface area contributed by atoms with Gasteiger partial charge in [0.1, 0.15) is 11.8 Å². The molecule has 1 saturated carbocycles. The van der Waals surface area contributed by atoms with Crippen molar-refractivity contribution in [1.29, 1.82) is 5.26 Å². The van der Waals surface area contributed by atoms with Gasteiger partial charge in [-0.25, -0.2) is 9.37 Å². The van der Waals surface area contributed by atoms with Crippen LogP contribution >= 0.6 is 0 Å². The van der Waals surface area contributed by atoms with E-state index in [0.29, 0.717) is 17.0 Å². The van der Waals surface area contributed by atoms with E-state index in [2.05, 4.69) is 16.4 Å². The number of nitriles is 1. The number of hydrogen-bond donors (Lipinski definition) is 1. The number of aryl methyl sites for hydroxylation is 1. The maximum Gasteiger partial charge on any atom is 0.231 e. The summed E-state index contributed by atoms with van der Waals surface area (Å²) >= 11 is 0. The summed E-state index contributed by atoms with van der Waals surface area (Å²) in [6.45, 7) is 1.99. The minimum Gasteiger partial charge on any atom is -0.309 e. The minimum absolute atomic E-state index is 0.290. The average Bonchev–Trinajstić information content (AvgIpc) is 3.20. The second-order valence-corrected chi connectivity index (χ2v) is 6.30. The number of nitrogens with zero attached hydrogens (tertiary/aromatic N) is 3. The third-order valence-electron chi connectivity index (χ3n) is 4.43. The molecule has 1 aromatic carbocycles. The Hall–Kier alpha value is -3.20. The molecule has 0 radical (unpaired) electrons. The second kappa shape index (κ2) is 5.71. The van der Waals surface area contributed by atoms with E-state index in [1.807, 2.05) is 41.8 Å². The Balaban J connectivity index is 1.67. The van der Waals surface area contributed by atoms with E-state index in [-0.39, 0.29) is 12.3 Å². The van der Waals surface area contributed by atoms with Crippen LogP contribution in [0.1, 0.15) is 17.5 Å². The van der Waals surface area contributed by atoms with E-state index in [4.69, 9.17) is 5.26 Å². The first-order chi connectivity index (χ1) is 12.0. The number of carbonyl (C=O) groups is 1. The Labute approximate surface area is 143 Å². The highest BCUT2D eigenvalue weighted by atomic mass is 19.1. The van der Waals surface area contributed by atoms with Crippen molar-refractivity contribution in [2.45, 2.75) is 19.5 Å². The molecule has 1 aliphatic carbocycles. The topological polar surface area (TPSA) is 70.2 Å². The molecule has 6 heteroatoms. The van der Waals surface area contributed by atoms with Crippen LogP contribution in [-0.4, -0.2) is 21.5 Å². The molecule has 0 aliphatic heterocycles. The van der Waals surface area contributed by atoms with Gasteiger partial charge in [-0.05, 0) is 54.3 Å². The van der Waals surface area contributed by atoms with Crippen molar-refractivity contribution in [2.24, 2.45) is 5.92 Å². The maximum absolute atomic E-state index is 13.0. The molecule has 0 bridgehead atoms. The van der Waals surface area contributed by atoms with Gasteiger partial charge < -0.3 is 9.72 Å². The molecule has 0 spiro atoms. The van der Waals surface area contributed by atoms with Gasteiger partial charge in [-0.3, -0.25) is 4.79 Å². The number of carbonyl (C=O) groups excluding carboxylic acids is 1. The number of nitrogens with one attached hydrogen (secondary N) is 1. The summed E-state index contributed by atoms with van der Waals surface area (Å²) in [6, 6.07) is 11.5. The summed E-state index contributed by atoms with van der Waals surface area (Å²) in [4.78, 5) is 16.2. The van der Waals surface area contributed by atoms with Crippen LogP contribution < -0.4 is 5.32 Å². The zero-order valence-electron chi connectivity index (χ0n) is 13.5. The molecular weight excluding hydrogens is 319 g/mol. The predicted molar refractivity (Wildman–Crippen MR) is 91.7 cm³/mol. The highest BCUT2D eigenvalue weighted by Crippen LogP contribution is 2.34. The largest absolute Gasteiger partial charge is 0.309 e. The molecule has 0 saturated heterocycles. The van der Waals surface area contributed by atoms with E-state index >= 15 is 0 Å². The van der Waals surface area contributed by atoms with Crippen LogP contribution in [0, 0.1) is 24.2 Å². The first kappa shape index (κ1) is 15.3. The highest BCUT2D eigenvalue weighted by Gasteiger charge is 2.43. The van der Waals surface area contributed by atoms with Crippen molar-refractivity contribution < 1.29 is 9.18 Å². The molecule has 3 aromatic rings. The van der Waals surface area contributed by atoms with Gasteiger partial charge in [-0.15, -0.1) is 0 Å². The van der Waals surface area contributed by atoms with Crippen molar-refractivity contribution in [2.75, 3.05) is 5.32 Å². The fraction of sp³-hybridized carbons (Fsp3) is 0.211. The van der Waals surface area contributed by atoms with E-state index in [9.17, 15) is 9.18 Å². The fourth-order valence-electron chi connectivity index (χ4n) is 2.87. The normalized spacial score (nSPS) is 18.8. The van der Waals surface area contributed by atoms with Gasteiger partial charge in [-0.2, -0.15) is 5.26 Å². The van der Waals surface area contributed by atoms with Gasteiger partial charge in [0.15, 0.2) is 5.82 Å². The lowest BCUT2D eigenvalue weighted by Gasteiger charge is -2.07. The Morgan fingerprint density at radius 1 is 1.36 bits per heavy atom. The van der Waals surface area contributed by atoms with Gasteiger partial charge in [-0.1, -0.05) is 6.07 Å². The number of halogens is 1. The summed E-state index contributed by atoms with van der Waals surface area (Å²) in [5.74, 6) is -0.464. The van der Waals surface area contributed by atoms with Crippen molar-refractivity contribution >= 4 is 17.4 Å². The maximum atomic E-state index is 13.0. The van der Waals surface area contributed by atoms with E-state index < -0.39 is 12.1 Å². The van der Waals surface area contributed by atoms with Gasteiger partial charge >= 0.3 is 0 Å². The van der Waals surface area contributed by atoms with Crippen molar-refractivity contribution in [3.63, 3.8) is 0 Å². The number of fused-ring (bicyclic) bond motifs is 1. The molecule has 2 atom stereocenters. The van der Waals surface area contributed by atoms with Crippen molar-refractivity contribution in [3.05, 3.63) is 53.9 Å². The number of hydrogen-bond acceptors (Lipinski definition) is 3. The number of benzene rings is 1. The lowest BCUT2D eigenvalue weighted by atomic mass is 10.00. The van der Waals surface area contributed by atoms with Crippen LogP contribution in [0.15, 0.2) is 42.7 Å². The molecule has 0 unspecified atom stereocenters. The van der Waals surface area contributed by atoms with E-state index in [1.165, 1.54) is 0 Å². The van der Waals surface area contributed by atoms with E-state index in [0.717, 1.165) is 16.7 Å². The molecule has 2 heterocycles. The summed E-state index contributed by atoms with van der Waals surface area (Å²) < 4.78 is 14.8. The van der Waals surface area contributed by atoms with Crippen LogP contribution in [0.5, 0.6) is 0 Å². The third kappa shape index (κ3) is 2.85. The minimum atomic E-state index is -1.03. The van der Waals surface area contributed by atoms with Gasteiger partial charge in [0.25, 0.3) is 0 Å².